The van der Waals surface area contributed by atoms with Crippen LogP contribution in [0.3, 0.4) is 0 Å². The number of aryl methyl sites for hydroxylation is 1. The number of benzene rings is 3. The third-order valence-corrected chi connectivity index (χ3v) is 6.37. The molecule has 0 aliphatic heterocycles. The SMILES string of the molecule is COc1ccccc1N(C(=O)COc1ccc(Cl)c(C)c1)c1nc(-c2ccc([N+](=O)[O-])cc2)cs1. The highest BCUT2D eigenvalue weighted by Gasteiger charge is 2.25. The van der Waals surface area contributed by atoms with E-state index < -0.39 is 4.92 Å². The van der Waals surface area contributed by atoms with Gasteiger partial charge in [-0.3, -0.25) is 14.9 Å². The third kappa shape index (κ3) is 5.42. The summed E-state index contributed by atoms with van der Waals surface area (Å²) in [6.07, 6.45) is 0. The Kier molecular flexibility index (Phi) is 7.28. The third-order valence-electron chi connectivity index (χ3n) is 5.12. The topological polar surface area (TPSA) is 94.8 Å². The fourth-order valence-electron chi connectivity index (χ4n) is 3.33. The fraction of sp³-hybridized carbons (Fsp3) is 0.120. The lowest BCUT2D eigenvalue weighted by Crippen LogP contribution is -2.31. The van der Waals surface area contributed by atoms with Crippen molar-refractivity contribution in [2.75, 3.05) is 18.6 Å². The molecule has 0 fully saturated rings. The van der Waals surface area contributed by atoms with Crippen molar-refractivity contribution in [1.29, 1.82) is 0 Å². The lowest BCUT2D eigenvalue weighted by molar-refractivity contribution is -0.384. The maximum Gasteiger partial charge on any atom is 0.271 e. The fourth-order valence-corrected chi connectivity index (χ4v) is 4.31. The lowest BCUT2D eigenvalue weighted by Gasteiger charge is -2.22. The smallest absolute Gasteiger partial charge is 0.271 e. The van der Waals surface area contributed by atoms with Gasteiger partial charge in [0.15, 0.2) is 11.7 Å². The van der Waals surface area contributed by atoms with Gasteiger partial charge in [-0.15, -0.1) is 11.3 Å². The predicted molar refractivity (Wildman–Crippen MR) is 136 cm³/mol. The van der Waals surface area contributed by atoms with Gasteiger partial charge in [-0.05, 0) is 55.0 Å². The highest BCUT2D eigenvalue weighted by molar-refractivity contribution is 7.14. The molecule has 178 valence electrons. The number of nitro groups is 1. The summed E-state index contributed by atoms with van der Waals surface area (Å²) in [6.45, 7) is 1.61. The summed E-state index contributed by atoms with van der Waals surface area (Å²) in [5.41, 5.74) is 2.62. The van der Waals surface area contributed by atoms with Gasteiger partial charge in [-0.25, -0.2) is 9.88 Å². The molecule has 1 amide bonds. The van der Waals surface area contributed by atoms with Gasteiger partial charge in [-0.2, -0.15) is 0 Å². The molecule has 4 aromatic rings. The summed E-state index contributed by atoms with van der Waals surface area (Å²) in [5.74, 6) is 0.660. The monoisotopic (exact) mass is 509 g/mol. The van der Waals surface area contributed by atoms with Crippen LogP contribution in [0, 0.1) is 17.0 Å². The van der Waals surface area contributed by atoms with E-state index in [0.717, 1.165) is 5.56 Å². The molecule has 1 aromatic heterocycles. The molecule has 0 aliphatic rings. The Hall–Kier alpha value is -3.95. The number of aromatic nitrogens is 1. The van der Waals surface area contributed by atoms with Crippen molar-refractivity contribution in [2.24, 2.45) is 0 Å². The van der Waals surface area contributed by atoms with Crippen LogP contribution >= 0.6 is 22.9 Å². The Morgan fingerprint density at radius 2 is 1.89 bits per heavy atom. The van der Waals surface area contributed by atoms with E-state index in [9.17, 15) is 14.9 Å². The number of amides is 1. The Bertz CT molecular complexity index is 1370. The highest BCUT2D eigenvalue weighted by Crippen LogP contribution is 2.37. The molecule has 0 saturated heterocycles. The summed E-state index contributed by atoms with van der Waals surface area (Å²) in [5, 5.41) is 13.8. The molecular weight excluding hydrogens is 490 g/mol. The van der Waals surface area contributed by atoms with Crippen molar-refractivity contribution in [1.82, 2.24) is 4.98 Å². The number of rotatable bonds is 8. The average molecular weight is 510 g/mol. The Morgan fingerprint density at radius 3 is 2.57 bits per heavy atom. The van der Waals surface area contributed by atoms with Crippen molar-refractivity contribution < 1.29 is 19.2 Å². The van der Waals surface area contributed by atoms with E-state index in [1.807, 2.05) is 13.0 Å². The van der Waals surface area contributed by atoms with Crippen molar-refractivity contribution in [3.8, 4) is 22.8 Å². The zero-order valence-electron chi connectivity index (χ0n) is 18.8. The number of halogens is 1. The maximum atomic E-state index is 13.4. The summed E-state index contributed by atoms with van der Waals surface area (Å²) < 4.78 is 11.2. The van der Waals surface area contributed by atoms with Crippen molar-refractivity contribution in [3.05, 3.63) is 92.8 Å². The Morgan fingerprint density at radius 1 is 1.14 bits per heavy atom. The van der Waals surface area contributed by atoms with Crippen molar-refractivity contribution in [3.63, 3.8) is 0 Å². The number of methoxy groups -OCH3 is 1. The molecule has 8 nitrogen and oxygen atoms in total. The molecule has 0 bridgehead atoms. The van der Waals surface area contributed by atoms with Crippen molar-refractivity contribution in [2.45, 2.75) is 6.92 Å². The van der Waals surface area contributed by atoms with Gasteiger partial charge in [-0.1, -0.05) is 23.7 Å². The van der Waals surface area contributed by atoms with E-state index in [4.69, 9.17) is 21.1 Å². The van der Waals surface area contributed by atoms with Crippen LogP contribution in [0.25, 0.3) is 11.3 Å². The number of para-hydroxylation sites is 2. The average Bonchev–Trinajstić information content (AvgIpc) is 3.35. The van der Waals surface area contributed by atoms with E-state index in [0.29, 0.717) is 38.6 Å². The van der Waals surface area contributed by atoms with Crippen LogP contribution in [0.4, 0.5) is 16.5 Å². The Balaban J connectivity index is 1.65. The summed E-state index contributed by atoms with van der Waals surface area (Å²) in [7, 11) is 1.53. The van der Waals surface area contributed by atoms with E-state index in [1.54, 1.807) is 53.9 Å². The highest BCUT2D eigenvalue weighted by atomic mass is 35.5. The molecular formula is C25H20ClN3O5S. The molecule has 3 aromatic carbocycles. The minimum atomic E-state index is -0.458. The molecule has 0 radical (unpaired) electrons. The molecule has 0 atom stereocenters. The number of carbonyl (C=O) groups is 1. The first-order chi connectivity index (χ1) is 16.9. The molecule has 10 heteroatoms. The number of hydrogen-bond donors (Lipinski definition) is 0. The summed E-state index contributed by atoms with van der Waals surface area (Å²) in [6, 6.07) is 18.4. The molecule has 0 N–H and O–H groups in total. The van der Waals surface area contributed by atoms with Gasteiger partial charge in [0.25, 0.3) is 11.6 Å². The van der Waals surface area contributed by atoms with E-state index >= 15 is 0 Å². The molecule has 0 saturated carbocycles. The Labute approximate surface area is 210 Å². The second kappa shape index (κ2) is 10.5. The minimum Gasteiger partial charge on any atom is -0.495 e. The maximum absolute atomic E-state index is 13.4. The second-order valence-electron chi connectivity index (χ2n) is 7.42. The molecule has 0 aliphatic carbocycles. The van der Waals surface area contributed by atoms with Gasteiger partial charge in [0.2, 0.25) is 0 Å². The molecule has 35 heavy (non-hydrogen) atoms. The quantitative estimate of drug-likeness (QED) is 0.200. The number of nitro benzene ring substituents is 1. The van der Waals surface area contributed by atoms with Gasteiger partial charge in [0.1, 0.15) is 11.5 Å². The molecule has 4 rings (SSSR count). The first kappa shape index (κ1) is 24.2. The standard InChI is InChI=1S/C25H20ClN3O5S/c1-16-13-19(11-12-20(16)26)34-14-24(30)28(22-5-3-4-6-23(22)33-2)25-27-21(15-35-25)17-7-9-18(10-8-17)29(31)32/h3-13,15H,14H2,1-2H3. The summed E-state index contributed by atoms with van der Waals surface area (Å²) >= 11 is 7.34. The largest absolute Gasteiger partial charge is 0.495 e. The van der Waals surface area contributed by atoms with E-state index in [-0.39, 0.29) is 18.2 Å². The van der Waals surface area contributed by atoms with E-state index in [2.05, 4.69) is 4.98 Å². The van der Waals surface area contributed by atoms with Gasteiger partial charge < -0.3 is 9.47 Å². The minimum absolute atomic E-state index is 0.00962. The first-order valence-corrected chi connectivity index (χ1v) is 11.7. The number of carbonyl (C=O) groups excluding carboxylic acids is 1. The van der Waals surface area contributed by atoms with Gasteiger partial charge in [0, 0.05) is 28.1 Å². The molecule has 0 spiro atoms. The molecule has 1 heterocycles. The van der Waals surface area contributed by atoms with Gasteiger partial charge >= 0.3 is 0 Å². The number of anilines is 2. The van der Waals surface area contributed by atoms with Crippen LogP contribution in [-0.4, -0.2) is 29.5 Å². The van der Waals surface area contributed by atoms with Crippen LogP contribution in [0.15, 0.2) is 72.1 Å². The predicted octanol–water partition coefficient (Wildman–Crippen LogP) is 6.43. The normalized spacial score (nSPS) is 10.6. The lowest BCUT2D eigenvalue weighted by atomic mass is 10.1. The van der Waals surface area contributed by atoms with E-state index in [1.165, 1.54) is 35.5 Å². The van der Waals surface area contributed by atoms with Crippen LogP contribution in [0.2, 0.25) is 5.02 Å². The first-order valence-electron chi connectivity index (χ1n) is 10.4. The molecule has 0 unspecified atom stereocenters. The number of thiazole rings is 1. The number of nitrogens with zero attached hydrogens (tertiary/aromatic N) is 3. The number of ether oxygens (including phenoxy) is 2. The van der Waals surface area contributed by atoms with Crippen LogP contribution < -0.4 is 14.4 Å². The summed E-state index contributed by atoms with van der Waals surface area (Å²) in [4.78, 5) is 30.0. The zero-order valence-corrected chi connectivity index (χ0v) is 20.4. The number of non-ortho nitro benzene ring substituents is 1. The van der Waals surface area contributed by atoms with Crippen LogP contribution in [-0.2, 0) is 4.79 Å². The second-order valence-corrected chi connectivity index (χ2v) is 8.66. The number of hydrogen-bond acceptors (Lipinski definition) is 7. The van der Waals surface area contributed by atoms with Gasteiger partial charge in [0.05, 0.1) is 23.4 Å². The van der Waals surface area contributed by atoms with Crippen LogP contribution in [0.1, 0.15) is 5.56 Å². The van der Waals surface area contributed by atoms with Crippen molar-refractivity contribution >= 4 is 45.4 Å². The zero-order chi connectivity index (χ0) is 24.9. The van der Waals surface area contributed by atoms with Crippen LogP contribution in [0.5, 0.6) is 11.5 Å².